The smallest absolute Gasteiger partial charge is 0.123 e. The van der Waals surface area contributed by atoms with Crippen LogP contribution in [0.5, 0.6) is 11.5 Å². The van der Waals surface area contributed by atoms with Crippen molar-refractivity contribution in [1.29, 1.82) is 0 Å². The van der Waals surface area contributed by atoms with E-state index in [0.29, 0.717) is 18.4 Å². The summed E-state index contributed by atoms with van der Waals surface area (Å²) < 4.78 is 24.6. The van der Waals surface area contributed by atoms with E-state index in [1.807, 2.05) is 36.4 Å². The summed E-state index contributed by atoms with van der Waals surface area (Å²) in [5.74, 6) is 2.30. The second kappa shape index (κ2) is 9.04. The van der Waals surface area contributed by atoms with E-state index >= 15 is 0 Å². The summed E-state index contributed by atoms with van der Waals surface area (Å²) in [7, 11) is 1.66. The largest absolute Gasteiger partial charge is 0.497 e. The summed E-state index contributed by atoms with van der Waals surface area (Å²) in [5, 5.41) is 0. The third kappa shape index (κ3) is 4.76. The van der Waals surface area contributed by atoms with E-state index in [1.165, 1.54) is 5.56 Å². The quantitative estimate of drug-likeness (QED) is 0.715. The second-order valence-electron chi connectivity index (χ2n) is 6.99. The molecule has 1 aliphatic heterocycles. The first kappa shape index (κ1) is 18.7. The maximum atomic E-state index is 13.3. The van der Waals surface area contributed by atoms with Crippen molar-refractivity contribution in [2.24, 2.45) is 5.92 Å². The topological polar surface area (TPSA) is 21.7 Å². The maximum absolute atomic E-state index is 13.3. The lowest BCUT2D eigenvalue weighted by atomic mass is 9.81. The molecule has 0 radical (unpaired) electrons. The molecule has 1 heterocycles. The molecule has 0 saturated carbocycles. The third-order valence-electron chi connectivity index (χ3n) is 5.18. The predicted octanol–water partition coefficient (Wildman–Crippen LogP) is 4.73. The average molecular weight is 357 g/mol. The molecule has 3 nitrogen and oxygen atoms in total. The van der Waals surface area contributed by atoms with Crippen LogP contribution in [0.25, 0.3) is 0 Å². The molecule has 2 unspecified atom stereocenters. The molecule has 4 heteroatoms. The van der Waals surface area contributed by atoms with Gasteiger partial charge in [-0.15, -0.1) is 0 Å². The lowest BCUT2D eigenvalue weighted by Crippen LogP contribution is -2.42. The van der Waals surface area contributed by atoms with Crippen LogP contribution in [0.3, 0.4) is 0 Å². The lowest BCUT2D eigenvalue weighted by molar-refractivity contribution is 0.111. The molecule has 0 amide bonds. The van der Waals surface area contributed by atoms with Gasteiger partial charge in [-0.25, -0.2) is 4.39 Å². The summed E-state index contributed by atoms with van der Waals surface area (Å²) in [6, 6.07) is 14.7. The Balaban J connectivity index is 1.69. The molecule has 2 aromatic rings. The van der Waals surface area contributed by atoms with E-state index < -0.39 is 0 Å². The van der Waals surface area contributed by atoms with Crippen LogP contribution in [0.15, 0.2) is 48.5 Å². The first-order valence-corrected chi connectivity index (χ1v) is 9.44. The zero-order valence-electron chi connectivity index (χ0n) is 15.7. The first-order valence-electron chi connectivity index (χ1n) is 9.44. The maximum Gasteiger partial charge on any atom is 0.123 e. The Bertz CT molecular complexity index is 672. The van der Waals surface area contributed by atoms with Crippen molar-refractivity contribution in [3.05, 3.63) is 59.9 Å². The van der Waals surface area contributed by atoms with Crippen molar-refractivity contribution in [3.8, 4) is 11.5 Å². The molecule has 2 atom stereocenters. The van der Waals surface area contributed by atoms with Crippen molar-refractivity contribution in [2.45, 2.75) is 25.7 Å². The number of benzene rings is 2. The van der Waals surface area contributed by atoms with Crippen molar-refractivity contribution < 1.29 is 13.9 Å². The Kier molecular flexibility index (Phi) is 6.51. The third-order valence-corrected chi connectivity index (χ3v) is 5.18. The zero-order chi connectivity index (χ0) is 18.4. The molecule has 140 valence electrons. The molecule has 0 spiro atoms. The molecule has 2 aromatic carbocycles. The Hall–Kier alpha value is -2.07. The minimum absolute atomic E-state index is 0.178. The van der Waals surface area contributed by atoms with Gasteiger partial charge in [-0.05, 0) is 73.8 Å². The summed E-state index contributed by atoms with van der Waals surface area (Å²) in [6.07, 6.45) is 2.25. The minimum Gasteiger partial charge on any atom is -0.497 e. The number of rotatable bonds is 7. The molecule has 0 bridgehead atoms. The van der Waals surface area contributed by atoms with Crippen LogP contribution in [0.1, 0.15) is 31.2 Å². The van der Waals surface area contributed by atoms with E-state index in [0.717, 1.165) is 44.0 Å². The number of likely N-dealkylation sites (tertiary alicyclic amines) is 1. The highest BCUT2D eigenvalue weighted by Crippen LogP contribution is 2.34. The minimum atomic E-state index is -0.178. The molecule has 0 aliphatic carbocycles. The summed E-state index contributed by atoms with van der Waals surface area (Å²) >= 11 is 0. The summed E-state index contributed by atoms with van der Waals surface area (Å²) in [5.41, 5.74) is 1.21. The molecule has 0 aromatic heterocycles. The van der Waals surface area contributed by atoms with Crippen LogP contribution >= 0.6 is 0 Å². The lowest BCUT2D eigenvalue weighted by Gasteiger charge is -2.38. The molecule has 3 rings (SSSR count). The number of ether oxygens (including phenoxy) is 2. The second-order valence-corrected chi connectivity index (χ2v) is 6.99. The fraction of sp³-hybridized carbons (Fsp3) is 0.455. The van der Waals surface area contributed by atoms with Crippen LogP contribution in [0.4, 0.5) is 4.39 Å². The van der Waals surface area contributed by atoms with Crippen molar-refractivity contribution in [3.63, 3.8) is 0 Å². The van der Waals surface area contributed by atoms with Gasteiger partial charge in [-0.3, -0.25) is 0 Å². The van der Waals surface area contributed by atoms with Crippen molar-refractivity contribution >= 4 is 0 Å². The number of nitrogens with zero attached hydrogens (tertiary/aromatic N) is 1. The predicted molar refractivity (Wildman–Crippen MR) is 102 cm³/mol. The van der Waals surface area contributed by atoms with Gasteiger partial charge in [0.1, 0.15) is 17.3 Å². The number of hydrogen-bond acceptors (Lipinski definition) is 3. The molecule has 0 N–H and O–H groups in total. The number of methoxy groups -OCH3 is 1. The van der Waals surface area contributed by atoms with Crippen LogP contribution < -0.4 is 9.47 Å². The summed E-state index contributed by atoms with van der Waals surface area (Å²) in [6.45, 7) is 6.11. The van der Waals surface area contributed by atoms with E-state index in [1.54, 1.807) is 19.2 Å². The van der Waals surface area contributed by atoms with E-state index in [2.05, 4.69) is 11.8 Å². The van der Waals surface area contributed by atoms with Gasteiger partial charge in [0.05, 0.1) is 13.7 Å². The first-order chi connectivity index (χ1) is 12.7. The van der Waals surface area contributed by atoms with E-state index in [9.17, 15) is 4.39 Å². The Morgan fingerprint density at radius 2 is 1.73 bits per heavy atom. The molecular formula is C22H28FNO2. The SMILES string of the molecule is CCCN1CCC(c2ccc(F)cc2)C(COc2ccc(OC)cc2)C1. The molecule has 1 aliphatic rings. The van der Waals surface area contributed by atoms with Crippen LogP contribution in [-0.2, 0) is 0 Å². The fourth-order valence-electron chi connectivity index (χ4n) is 3.82. The molecular weight excluding hydrogens is 329 g/mol. The molecule has 1 saturated heterocycles. The Labute approximate surface area is 155 Å². The van der Waals surface area contributed by atoms with E-state index in [4.69, 9.17) is 9.47 Å². The highest BCUT2D eigenvalue weighted by atomic mass is 19.1. The normalized spacial score (nSPS) is 20.7. The standard InChI is InChI=1S/C22H28FNO2/c1-3-13-24-14-12-22(17-4-6-19(23)7-5-17)18(15-24)16-26-21-10-8-20(25-2)9-11-21/h4-11,18,22H,3,12-16H2,1-2H3. The Morgan fingerprint density at radius 1 is 1.04 bits per heavy atom. The van der Waals surface area contributed by atoms with Gasteiger partial charge >= 0.3 is 0 Å². The van der Waals surface area contributed by atoms with Gasteiger partial charge in [0.25, 0.3) is 0 Å². The highest BCUT2D eigenvalue weighted by molar-refractivity contribution is 5.31. The van der Waals surface area contributed by atoms with Gasteiger partial charge in [0, 0.05) is 12.5 Å². The van der Waals surface area contributed by atoms with Gasteiger partial charge in [0.15, 0.2) is 0 Å². The Morgan fingerprint density at radius 3 is 2.38 bits per heavy atom. The van der Waals surface area contributed by atoms with Gasteiger partial charge in [-0.1, -0.05) is 19.1 Å². The van der Waals surface area contributed by atoms with Gasteiger partial charge < -0.3 is 14.4 Å². The fourth-order valence-corrected chi connectivity index (χ4v) is 3.82. The number of hydrogen-bond donors (Lipinski definition) is 0. The highest BCUT2D eigenvalue weighted by Gasteiger charge is 2.30. The monoisotopic (exact) mass is 357 g/mol. The van der Waals surface area contributed by atoms with Gasteiger partial charge in [-0.2, -0.15) is 0 Å². The number of piperidine rings is 1. The van der Waals surface area contributed by atoms with Crippen molar-refractivity contribution in [2.75, 3.05) is 33.4 Å². The van der Waals surface area contributed by atoms with Crippen molar-refractivity contribution in [1.82, 2.24) is 4.90 Å². The van der Waals surface area contributed by atoms with Crippen LogP contribution in [-0.4, -0.2) is 38.3 Å². The number of halogens is 1. The van der Waals surface area contributed by atoms with Crippen LogP contribution in [0.2, 0.25) is 0 Å². The van der Waals surface area contributed by atoms with E-state index in [-0.39, 0.29) is 5.82 Å². The average Bonchev–Trinajstić information content (AvgIpc) is 2.68. The van der Waals surface area contributed by atoms with Gasteiger partial charge in [0.2, 0.25) is 0 Å². The van der Waals surface area contributed by atoms with Crippen LogP contribution in [0, 0.1) is 11.7 Å². The zero-order valence-corrected chi connectivity index (χ0v) is 15.7. The molecule has 26 heavy (non-hydrogen) atoms. The summed E-state index contributed by atoms with van der Waals surface area (Å²) in [4.78, 5) is 2.52. The molecule has 1 fully saturated rings.